The van der Waals surface area contributed by atoms with Crippen LogP contribution in [-0.2, 0) is 4.79 Å². The number of carbonyl (C=O) groups excluding carboxylic acids is 1. The Morgan fingerprint density at radius 2 is 1.74 bits per heavy atom. The second kappa shape index (κ2) is 8.31. The Bertz CT molecular complexity index is 904. The maximum atomic E-state index is 12.8. The number of ether oxygens (including phenoxy) is 2. The van der Waals surface area contributed by atoms with Crippen molar-refractivity contribution in [1.82, 2.24) is 4.90 Å². The van der Waals surface area contributed by atoms with Crippen LogP contribution in [0, 0.1) is 6.92 Å². The Kier molecular flexibility index (Phi) is 5.86. The summed E-state index contributed by atoms with van der Waals surface area (Å²) in [7, 11) is 3.27. The molecule has 140 valence electrons. The second-order valence-corrected chi connectivity index (χ2v) is 6.98. The van der Waals surface area contributed by atoms with Gasteiger partial charge in [-0.15, -0.1) is 0 Å². The minimum absolute atomic E-state index is 0.0232. The molecule has 1 saturated heterocycles. The maximum Gasteiger partial charge on any atom is 0.266 e. The first-order valence-electron chi connectivity index (χ1n) is 8.64. The molecule has 0 unspecified atom stereocenters. The number of amides is 1. The third kappa shape index (κ3) is 4.17. The summed E-state index contributed by atoms with van der Waals surface area (Å²) in [5, 5.41) is 0.685. The number of benzene rings is 2. The van der Waals surface area contributed by atoms with E-state index in [0.29, 0.717) is 16.6 Å². The molecule has 0 N–H and O–H groups in total. The SMILES string of the molecule is CCN1C(=O)/C(=C\c2ccc(OC)cc2C)SC1=Nc1ccc(OC)cc1. The topological polar surface area (TPSA) is 51.1 Å². The van der Waals surface area contributed by atoms with Gasteiger partial charge in [0, 0.05) is 6.54 Å². The number of aryl methyl sites for hydroxylation is 1. The van der Waals surface area contributed by atoms with Crippen LogP contribution in [0.3, 0.4) is 0 Å². The van der Waals surface area contributed by atoms with Crippen LogP contribution in [0.2, 0.25) is 0 Å². The van der Waals surface area contributed by atoms with Crippen molar-refractivity contribution in [2.24, 2.45) is 4.99 Å². The van der Waals surface area contributed by atoms with Crippen molar-refractivity contribution in [3.05, 3.63) is 58.5 Å². The highest BCUT2D eigenvalue weighted by Crippen LogP contribution is 2.35. The van der Waals surface area contributed by atoms with Crippen LogP contribution in [0.5, 0.6) is 11.5 Å². The largest absolute Gasteiger partial charge is 0.497 e. The summed E-state index contributed by atoms with van der Waals surface area (Å²) < 4.78 is 10.4. The number of thioether (sulfide) groups is 1. The normalized spacial score (nSPS) is 17.0. The molecule has 0 aliphatic carbocycles. The lowest BCUT2D eigenvalue weighted by Gasteiger charge is -2.12. The van der Waals surface area contributed by atoms with Crippen molar-refractivity contribution >= 4 is 34.6 Å². The van der Waals surface area contributed by atoms with Crippen molar-refractivity contribution < 1.29 is 14.3 Å². The van der Waals surface area contributed by atoms with E-state index < -0.39 is 0 Å². The number of methoxy groups -OCH3 is 2. The first-order valence-corrected chi connectivity index (χ1v) is 9.46. The van der Waals surface area contributed by atoms with Crippen molar-refractivity contribution in [2.75, 3.05) is 20.8 Å². The summed E-state index contributed by atoms with van der Waals surface area (Å²) in [5.74, 6) is 1.55. The van der Waals surface area contributed by atoms with Crippen molar-refractivity contribution in [3.63, 3.8) is 0 Å². The highest BCUT2D eigenvalue weighted by Gasteiger charge is 2.32. The fourth-order valence-corrected chi connectivity index (χ4v) is 3.77. The molecule has 1 fully saturated rings. The van der Waals surface area contributed by atoms with Crippen LogP contribution < -0.4 is 9.47 Å². The van der Waals surface area contributed by atoms with Crippen LogP contribution in [0.4, 0.5) is 5.69 Å². The molecule has 0 radical (unpaired) electrons. The molecule has 0 spiro atoms. The van der Waals surface area contributed by atoms with Crippen LogP contribution in [0.1, 0.15) is 18.1 Å². The van der Waals surface area contributed by atoms with Crippen molar-refractivity contribution in [3.8, 4) is 11.5 Å². The number of rotatable bonds is 5. The molecule has 1 aliphatic rings. The van der Waals surface area contributed by atoms with Crippen LogP contribution in [-0.4, -0.2) is 36.7 Å². The average molecular weight is 382 g/mol. The van der Waals surface area contributed by atoms with Gasteiger partial charge in [-0.25, -0.2) is 4.99 Å². The molecule has 0 bridgehead atoms. The smallest absolute Gasteiger partial charge is 0.266 e. The van der Waals surface area contributed by atoms with Gasteiger partial charge in [-0.1, -0.05) is 6.07 Å². The molecule has 0 aromatic heterocycles. The minimum Gasteiger partial charge on any atom is -0.497 e. The highest BCUT2D eigenvalue weighted by molar-refractivity contribution is 8.18. The van der Waals surface area contributed by atoms with E-state index in [1.807, 2.05) is 62.4 Å². The van der Waals surface area contributed by atoms with E-state index in [1.54, 1.807) is 19.1 Å². The molecule has 3 rings (SSSR count). The summed E-state index contributed by atoms with van der Waals surface area (Å²) in [4.78, 5) is 19.8. The molecule has 2 aromatic carbocycles. The molecule has 2 aromatic rings. The molecule has 27 heavy (non-hydrogen) atoms. The monoisotopic (exact) mass is 382 g/mol. The van der Waals surface area contributed by atoms with E-state index in [1.165, 1.54) is 11.8 Å². The van der Waals surface area contributed by atoms with E-state index in [9.17, 15) is 4.79 Å². The average Bonchev–Trinajstić information content (AvgIpc) is 2.98. The lowest BCUT2D eigenvalue weighted by molar-refractivity contribution is -0.122. The van der Waals surface area contributed by atoms with Crippen LogP contribution >= 0.6 is 11.8 Å². The van der Waals surface area contributed by atoms with Gasteiger partial charge in [0.1, 0.15) is 11.5 Å². The minimum atomic E-state index is -0.0232. The summed E-state index contributed by atoms with van der Waals surface area (Å²) in [5.41, 5.74) is 2.83. The molecule has 1 amide bonds. The lowest BCUT2D eigenvalue weighted by Crippen LogP contribution is -2.28. The van der Waals surface area contributed by atoms with Gasteiger partial charge in [-0.05, 0) is 79.2 Å². The fraction of sp³-hybridized carbons (Fsp3) is 0.238. The van der Waals surface area contributed by atoms with Crippen LogP contribution in [0.15, 0.2) is 52.4 Å². The standard InChI is InChI=1S/C21H22N2O3S/c1-5-23-20(24)19(13-15-6-9-18(26-4)12-14(15)2)27-21(23)22-16-7-10-17(25-3)11-8-16/h6-13H,5H2,1-4H3/b19-13+,22-21?. The predicted octanol–water partition coefficient (Wildman–Crippen LogP) is 4.64. The van der Waals surface area contributed by atoms with Gasteiger partial charge < -0.3 is 9.47 Å². The Morgan fingerprint density at radius 3 is 2.33 bits per heavy atom. The second-order valence-electron chi connectivity index (χ2n) is 5.97. The van der Waals surface area contributed by atoms with Crippen LogP contribution in [0.25, 0.3) is 6.08 Å². The quantitative estimate of drug-likeness (QED) is 0.707. The zero-order valence-electron chi connectivity index (χ0n) is 15.9. The highest BCUT2D eigenvalue weighted by atomic mass is 32.2. The first kappa shape index (κ1) is 19.0. The van der Waals surface area contributed by atoms with E-state index in [4.69, 9.17) is 9.47 Å². The predicted molar refractivity (Wildman–Crippen MR) is 111 cm³/mol. The van der Waals surface area contributed by atoms with Crippen molar-refractivity contribution in [1.29, 1.82) is 0 Å². The number of aliphatic imine (C=N–C) groups is 1. The number of hydrogen-bond acceptors (Lipinski definition) is 5. The van der Waals surface area contributed by atoms with Gasteiger partial charge in [-0.3, -0.25) is 9.69 Å². The summed E-state index contributed by atoms with van der Waals surface area (Å²) in [6, 6.07) is 13.3. The Hall–Kier alpha value is -2.73. The van der Waals surface area contributed by atoms with Crippen molar-refractivity contribution in [2.45, 2.75) is 13.8 Å². The number of nitrogens with zero attached hydrogens (tertiary/aromatic N) is 2. The third-order valence-electron chi connectivity index (χ3n) is 4.27. The Labute approximate surface area is 163 Å². The fourth-order valence-electron chi connectivity index (χ4n) is 2.72. The van der Waals surface area contributed by atoms with Gasteiger partial charge in [-0.2, -0.15) is 0 Å². The summed E-state index contributed by atoms with van der Waals surface area (Å²) >= 11 is 1.39. The number of likely N-dealkylation sites (N-methyl/N-ethyl adjacent to an activating group) is 1. The maximum absolute atomic E-state index is 12.8. The number of carbonyl (C=O) groups is 1. The number of amidine groups is 1. The summed E-state index contributed by atoms with van der Waals surface area (Å²) in [6.07, 6.45) is 1.92. The van der Waals surface area contributed by atoms with E-state index in [-0.39, 0.29) is 5.91 Å². The molecular weight excluding hydrogens is 360 g/mol. The van der Waals surface area contributed by atoms with Gasteiger partial charge in [0.25, 0.3) is 5.91 Å². The molecule has 1 aliphatic heterocycles. The Morgan fingerprint density at radius 1 is 1.07 bits per heavy atom. The molecule has 0 saturated carbocycles. The Balaban J connectivity index is 1.90. The van der Waals surface area contributed by atoms with Gasteiger partial charge in [0.05, 0.1) is 24.8 Å². The zero-order valence-corrected chi connectivity index (χ0v) is 16.7. The zero-order chi connectivity index (χ0) is 19.4. The van der Waals surface area contributed by atoms with E-state index in [2.05, 4.69) is 4.99 Å². The van der Waals surface area contributed by atoms with E-state index in [0.717, 1.165) is 28.3 Å². The molecule has 1 heterocycles. The summed E-state index contributed by atoms with van der Waals surface area (Å²) in [6.45, 7) is 4.52. The molecule has 6 heteroatoms. The van der Waals surface area contributed by atoms with E-state index >= 15 is 0 Å². The first-order chi connectivity index (χ1) is 13.0. The molecule has 5 nitrogen and oxygen atoms in total. The van der Waals surface area contributed by atoms with Gasteiger partial charge in [0.15, 0.2) is 5.17 Å². The number of hydrogen-bond donors (Lipinski definition) is 0. The molecule has 0 atom stereocenters. The lowest BCUT2D eigenvalue weighted by atomic mass is 10.1. The third-order valence-corrected chi connectivity index (χ3v) is 5.27. The van der Waals surface area contributed by atoms with Gasteiger partial charge in [0.2, 0.25) is 0 Å². The molecular formula is C21H22N2O3S. The van der Waals surface area contributed by atoms with Gasteiger partial charge >= 0.3 is 0 Å².